The van der Waals surface area contributed by atoms with Crippen molar-refractivity contribution in [1.82, 2.24) is 10.2 Å². The molecular formula is C38H66N2O13. The number of amides is 2. The van der Waals surface area contributed by atoms with Crippen LogP contribution in [-0.4, -0.2) is 148 Å². The lowest BCUT2D eigenvalue weighted by atomic mass is 9.74. The first-order valence-electron chi connectivity index (χ1n) is 19.8. The highest BCUT2D eigenvalue weighted by Gasteiger charge is 2.52. The Balaban J connectivity index is 1.69. The summed E-state index contributed by atoms with van der Waals surface area (Å²) < 4.78 is 31.6. The topological polar surface area (TPSA) is 214 Å². The molecule has 6 N–H and O–H groups in total. The predicted molar refractivity (Wildman–Crippen MR) is 191 cm³/mol. The minimum Gasteiger partial charge on any atom is -0.394 e. The van der Waals surface area contributed by atoms with Gasteiger partial charge in [0.1, 0.15) is 54.6 Å². The van der Waals surface area contributed by atoms with Crippen LogP contribution in [0.3, 0.4) is 0 Å². The van der Waals surface area contributed by atoms with Crippen LogP contribution >= 0.6 is 0 Å². The van der Waals surface area contributed by atoms with Gasteiger partial charge in [0.2, 0.25) is 5.91 Å². The summed E-state index contributed by atoms with van der Waals surface area (Å²) in [6.45, 7) is 6.20. The average Bonchev–Trinajstić information content (AvgIpc) is 3.14. The Morgan fingerprint density at radius 1 is 0.887 bits per heavy atom. The molecule has 0 spiro atoms. The zero-order valence-corrected chi connectivity index (χ0v) is 32.4. The maximum Gasteiger partial charge on any atom is 0.251 e. The van der Waals surface area contributed by atoms with Crippen molar-refractivity contribution in [3.05, 3.63) is 0 Å². The van der Waals surface area contributed by atoms with Gasteiger partial charge >= 0.3 is 0 Å². The van der Waals surface area contributed by atoms with Gasteiger partial charge in [-0.25, -0.2) is 0 Å². The van der Waals surface area contributed by atoms with Crippen LogP contribution in [0.15, 0.2) is 0 Å². The number of nitrogens with zero attached hydrogens (tertiary/aromatic N) is 1. The highest BCUT2D eigenvalue weighted by atomic mass is 16.7. The molecule has 4 aliphatic rings. The highest BCUT2D eigenvalue weighted by molar-refractivity contribution is 5.81. The van der Waals surface area contributed by atoms with Gasteiger partial charge in [-0.3, -0.25) is 14.4 Å². The summed E-state index contributed by atoms with van der Waals surface area (Å²) in [7, 11) is 3.26. The molecule has 4 rings (SSSR count). The number of Topliss-reactive ketones (excluding diaryl/α,β-unsaturated/α-hetero) is 1. The van der Waals surface area contributed by atoms with Crippen molar-refractivity contribution in [2.75, 3.05) is 20.7 Å². The van der Waals surface area contributed by atoms with Gasteiger partial charge in [0.15, 0.2) is 12.6 Å². The molecule has 2 amide bonds. The van der Waals surface area contributed by atoms with E-state index >= 15 is 0 Å². The number of ether oxygens (including phenoxy) is 5. The Morgan fingerprint density at radius 2 is 1.58 bits per heavy atom. The Kier molecular flexibility index (Phi) is 16.9. The van der Waals surface area contributed by atoms with E-state index in [1.807, 2.05) is 13.8 Å². The summed E-state index contributed by atoms with van der Waals surface area (Å²) in [5, 5.41) is 56.5. The third kappa shape index (κ3) is 11.2. The quantitative estimate of drug-likeness (QED) is 0.131. The summed E-state index contributed by atoms with van der Waals surface area (Å²) >= 11 is 0. The van der Waals surface area contributed by atoms with Gasteiger partial charge in [0.25, 0.3) is 5.91 Å². The van der Waals surface area contributed by atoms with Gasteiger partial charge in [-0.1, -0.05) is 58.8 Å². The molecule has 15 atom stereocenters. The number of carbonyl (C=O) groups excluding carboxylic acids is 3. The number of rotatable bonds is 16. The van der Waals surface area contributed by atoms with E-state index in [1.54, 1.807) is 21.0 Å². The van der Waals surface area contributed by atoms with Crippen LogP contribution in [0.25, 0.3) is 0 Å². The normalized spacial score (nSPS) is 38.9. The largest absolute Gasteiger partial charge is 0.394 e. The van der Waals surface area contributed by atoms with Crippen LogP contribution in [0.4, 0.5) is 0 Å². The first-order valence-corrected chi connectivity index (χ1v) is 19.8. The molecule has 7 unspecified atom stereocenters. The minimum absolute atomic E-state index is 0.0825. The van der Waals surface area contributed by atoms with Crippen molar-refractivity contribution in [3.8, 4) is 0 Å². The van der Waals surface area contributed by atoms with Crippen LogP contribution in [-0.2, 0) is 38.1 Å². The molecule has 0 aromatic carbocycles. The molecule has 2 saturated heterocycles. The van der Waals surface area contributed by atoms with Gasteiger partial charge in [-0.2, -0.15) is 0 Å². The van der Waals surface area contributed by atoms with E-state index in [2.05, 4.69) is 5.32 Å². The third-order valence-electron chi connectivity index (χ3n) is 11.6. The van der Waals surface area contributed by atoms with E-state index in [4.69, 9.17) is 23.7 Å². The minimum atomic E-state index is -1.58. The van der Waals surface area contributed by atoms with E-state index in [9.17, 15) is 39.9 Å². The van der Waals surface area contributed by atoms with E-state index in [1.165, 1.54) is 11.8 Å². The number of aliphatic hydroxyl groups excluding tert-OH is 5. The Hall–Kier alpha value is -1.79. The fraction of sp³-hybridized carbons (Fsp3) is 0.921. The second-order valence-electron chi connectivity index (χ2n) is 15.9. The summed E-state index contributed by atoms with van der Waals surface area (Å²) in [4.78, 5) is 41.2. The Bertz CT molecular complexity index is 1170. The smallest absolute Gasteiger partial charge is 0.251 e. The van der Waals surface area contributed by atoms with Crippen molar-refractivity contribution in [3.63, 3.8) is 0 Å². The van der Waals surface area contributed by atoms with Crippen molar-refractivity contribution in [2.45, 2.75) is 184 Å². The number of hydrogen-bond acceptors (Lipinski definition) is 13. The van der Waals surface area contributed by atoms with Gasteiger partial charge in [-0.05, 0) is 44.4 Å². The van der Waals surface area contributed by atoms with Crippen LogP contribution in [0.1, 0.15) is 105 Å². The van der Waals surface area contributed by atoms with Crippen LogP contribution in [0.2, 0.25) is 0 Å². The maximum atomic E-state index is 13.6. The maximum absolute atomic E-state index is 13.6. The molecule has 2 saturated carbocycles. The second-order valence-corrected chi connectivity index (χ2v) is 15.9. The van der Waals surface area contributed by atoms with Gasteiger partial charge in [0, 0.05) is 33.4 Å². The number of nitrogens with one attached hydrogen (secondary N) is 1. The molecule has 0 radical (unpaired) electrons. The molecule has 306 valence electrons. The predicted octanol–water partition coefficient (Wildman–Crippen LogP) is 1.18. The fourth-order valence-electron chi connectivity index (χ4n) is 8.47. The SMILES string of the molecule is CCCCC(=O)C1CC(CC)[C@@H](OC2O[C@@H](C)[C@H](O)C(O)[C@@H]2O)[C@H](O[C@@H]2OC(CO)[C@H](O)C(O[C@@H](CC3CCCCC3)C(=O)N(C)C)C2NC(C)=O)C1. The van der Waals surface area contributed by atoms with Crippen molar-refractivity contribution < 1.29 is 63.6 Å². The molecule has 15 heteroatoms. The molecular weight excluding hydrogens is 692 g/mol. The van der Waals surface area contributed by atoms with Gasteiger partial charge in [0.05, 0.1) is 24.9 Å². The lowest BCUT2D eigenvalue weighted by molar-refractivity contribution is -0.338. The van der Waals surface area contributed by atoms with Crippen molar-refractivity contribution >= 4 is 17.6 Å². The Morgan fingerprint density at radius 3 is 2.19 bits per heavy atom. The standard InChI is InChI=1S/C38H66N2O13/c1-7-9-15-25(43)24-17-23(8-2)34(53-38-33(47)32(46)30(44)20(3)49-38)26(18-24)51-37-29(39-21(4)42)35(31(45)28(19-41)52-37)50-27(36(48)40(5)6)16-22-13-11-10-12-14-22/h20,22-24,26-35,37-38,41,44-47H,7-19H2,1-6H3,(H,39,42)/t20-,23?,24?,26+,27-,28?,29?,30-,31-,32?,33-,34+,35?,37+,38?/m0/s1. The number of ketones is 1. The molecule has 0 bridgehead atoms. The number of hydrogen-bond donors (Lipinski definition) is 6. The number of unbranched alkanes of at least 4 members (excludes halogenated alkanes) is 1. The van der Waals surface area contributed by atoms with Crippen LogP contribution in [0.5, 0.6) is 0 Å². The fourth-order valence-corrected chi connectivity index (χ4v) is 8.47. The average molecular weight is 759 g/mol. The summed E-state index contributed by atoms with van der Waals surface area (Å²) in [6.07, 6.45) is -5.75. The van der Waals surface area contributed by atoms with Crippen molar-refractivity contribution in [1.29, 1.82) is 0 Å². The van der Waals surface area contributed by atoms with E-state index in [-0.39, 0.29) is 29.9 Å². The first-order chi connectivity index (χ1) is 25.2. The van der Waals surface area contributed by atoms with Crippen LogP contribution < -0.4 is 5.32 Å². The molecule has 53 heavy (non-hydrogen) atoms. The van der Waals surface area contributed by atoms with E-state index in [0.29, 0.717) is 25.7 Å². The summed E-state index contributed by atoms with van der Waals surface area (Å²) in [5.74, 6) is -1.12. The molecule has 0 aromatic rings. The molecule has 15 nitrogen and oxygen atoms in total. The second kappa shape index (κ2) is 20.4. The number of likely N-dealkylation sites (N-methyl/N-ethyl adjacent to an activating group) is 1. The van der Waals surface area contributed by atoms with Gasteiger partial charge < -0.3 is 59.4 Å². The molecule has 0 aromatic heterocycles. The van der Waals surface area contributed by atoms with Crippen LogP contribution in [0, 0.1) is 17.8 Å². The Labute approximate surface area is 314 Å². The number of carbonyl (C=O) groups is 3. The molecule has 2 heterocycles. The van der Waals surface area contributed by atoms with Gasteiger partial charge in [-0.15, -0.1) is 0 Å². The lowest BCUT2D eigenvalue weighted by Crippen LogP contribution is -2.67. The third-order valence-corrected chi connectivity index (χ3v) is 11.6. The van der Waals surface area contributed by atoms with Crippen molar-refractivity contribution in [2.24, 2.45) is 17.8 Å². The monoisotopic (exact) mass is 758 g/mol. The van der Waals surface area contributed by atoms with E-state index in [0.717, 1.165) is 44.9 Å². The lowest BCUT2D eigenvalue weighted by Gasteiger charge is -2.49. The molecule has 4 fully saturated rings. The first kappa shape index (κ1) is 43.9. The molecule has 2 aliphatic carbocycles. The molecule has 2 aliphatic heterocycles. The van der Waals surface area contributed by atoms with E-state index < -0.39 is 98.1 Å². The summed E-state index contributed by atoms with van der Waals surface area (Å²) in [6, 6.07) is -1.15. The summed E-state index contributed by atoms with van der Waals surface area (Å²) in [5.41, 5.74) is 0. The highest BCUT2D eigenvalue weighted by Crippen LogP contribution is 2.40. The number of aliphatic hydroxyl groups is 5. The zero-order chi connectivity index (χ0) is 39.0. The zero-order valence-electron chi connectivity index (χ0n) is 32.4.